The number of phenols is 1. The number of rotatable bonds is 8. The van der Waals surface area contributed by atoms with E-state index in [9.17, 15) is 5.11 Å². The lowest BCUT2D eigenvalue weighted by atomic mass is 10.1. The van der Waals surface area contributed by atoms with Crippen LogP contribution in [0.4, 0.5) is 0 Å². The molecule has 0 amide bonds. The number of phenolic OH excluding ortho intramolecular Hbond substituents is 1. The summed E-state index contributed by atoms with van der Waals surface area (Å²) < 4.78 is 16.6. The Morgan fingerprint density at radius 3 is 2.31 bits per heavy atom. The number of allylic oxidation sites excluding steroid dienone is 1. The van der Waals surface area contributed by atoms with E-state index in [-0.39, 0.29) is 5.75 Å². The van der Waals surface area contributed by atoms with Crippen LogP contribution >= 0.6 is 0 Å². The van der Waals surface area contributed by atoms with Crippen LogP contribution in [0.3, 0.4) is 0 Å². The Labute approximate surface area is 155 Å². The molecule has 0 saturated carbocycles. The number of aromatic hydroxyl groups is 1. The van der Waals surface area contributed by atoms with E-state index >= 15 is 0 Å². The standard InChI is InChI=1S/C22H26O4/c1-5-25-19-12-18(13-20(15-19)26-11-10-16(2)3)7-6-17-8-9-21(23)22(14-17)24-4/h6-10,12-15,23H,5,11H2,1-4H3/b7-6+. The fraction of sp³-hybridized carbons (Fsp3) is 0.273. The van der Waals surface area contributed by atoms with Gasteiger partial charge in [-0.1, -0.05) is 23.8 Å². The highest BCUT2D eigenvalue weighted by atomic mass is 16.5. The molecule has 2 rings (SSSR count). The van der Waals surface area contributed by atoms with E-state index in [4.69, 9.17) is 14.2 Å². The predicted octanol–water partition coefficient (Wildman–Crippen LogP) is 5.31. The molecule has 0 spiro atoms. The SMILES string of the molecule is CCOc1cc(/C=C/c2ccc(O)c(OC)c2)cc(OCC=C(C)C)c1. The van der Waals surface area contributed by atoms with Gasteiger partial charge in [0.05, 0.1) is 13.7 Å². The highest BCUT2D eigenvalue weighted by Gasteiger charge is 2.03. The molecule has 0 radical (unpaired) electrons. The number of methoxy groups -OCH3 is 1. The molecule has 0 bridgehead atoms. The van der Waals surface area contributed by atoms with Gasteiger partial charge in [-0.15, -0.1) is 0 Å². The molecule has 2 aromatic carbocycles. The molecule has 0 unspecified atom stereocenters. The molecule has 0 aliphatic carbocycles. The molecule has 0 fully saturated rings. The van der Waals surface area contributed by atoms with E-state index in [0.29, 0.717) is 19.0 Å². The number of ether oxygens (including phenoxy) is 3. The second kappa shape index (κ2) is 9.56. The topological polar surface area (TPSA) is 47.9 Å². The lowest BCUT2D eigenvalue weighted by Crippen LogP contribution is -1.97. The molecule has 26 heavy (non-hydrogen) atoms. The highest BCUT2D eigenvalue weighted by molar-refractivity contribution is 5.72. The summed E-state index contributed by atoms with van der Waals surface area (Å²) in [5, 5.41) is 9.69. The monoisotopic (exact) mass is 354 g/mol. The summed E-state index contributed by atoms with van der Waals surface area (Å²) in [4.78, 5) is 0. The van der Waals surface area contributed by atoms with Crippen LogP contribution in [0.25, 0.3) is 12.2 Å². The normalized spacial score (nSPS) is 10.6. The van der Waals surface area contributed by atoms with Crippen molar-refractivity contribution in [3.05, 3.63) is 59.2 Å². The van der Waals surface area contributed by atoms with Crippen molar-refractivity contribution in [2.24, 2.45) is 0 Å². The van der Waals surface area contributed by atoms with Gasteiger partial charge >= 0.3 is 0 Å². The van der Waals surface area contributed by atoms with Crippen LogP contribution in [-0.4, -0.2) is 25.4 Å². The first kappa shape index (κ1) is 19.4. The molecule has 138 valence electrons. The third-order valence-corrected chi connectivity index (χ3v) is 3.63. The summed E-state index contributed by atoms with van der Waals surface area (Å²) in [6.45, 7) is 7.15. The van der Waals surface area contributed by atoms with Gasteiger partial charge in [-0.3, -0.25) is 0 Å². The van der Waals surface area contributed by atoms with Gasteiger partial charge in [0.25, 0.3) is 0 Å². The fourth-order valence-corrected chi connectivity index (χ4v) is 2.32. The zero-order valence-electron chi connectivity index (χ0n) is 15.8. The molecule has 4 heteroatoms. The Morgan fingerprint density at radius 2 is 1.65 bits per heavy atom. The summed E-state index contributed by atoms with van der Waals surface area (Å²) in [7, 11) is 1.53. The molecule has 1 N–H and O–H groups in total. The Morgan fingerprint density at radius 1 is 0.962 bits per heavy atom. The molecule has 0 aromatic heterocycles. The van der Waals surface area contributed by atoms with Gasteiger partial charge in [-0.2, -0.15) is 0 Å². The van der Waals surface area contributed by atoms with Crippen LogP contribution in [0.1, 0.15) is 31.9 Å². The smallest absolute Gasteiger partial charge is 0.161 e. The van der Waals surface area contributed by atoms with Crippen molar-refractivity contribution in [3.63, 3.8) is 0 Å². The zero-order chi connectivity index (χ0) is 18.9. The van der Waals surface area contributed by atoms with Gasteiger partial charge in [0, 0.05) is 6.07 Å². The second-order valence-corrected chi connectivity index (χ2v) is 6.03. The maximum Gasteiger partial charge on any atom is 0.161 e. The van der Waals surface area contributed by atoms with Crippen molar-refractivity contribution in [2.75, 3.05) is 20.3 Å². The lowest BCUT2D eigenvalue weighted by molar-refractivity contribution is 0.330. The van der Waals surface area contributed by atoms with Crippen LogP contribution < -0.4 is 14.2 Å². The molecule has 2 aromatic rings. The van der Waals surface area contributed by atoms with E-state index in [0.717, 1.165) is 22.6 Å². The summed E-state index contributed by atoms with van der Waals surface area (Å²) in [6, 6.07) is 11.0. The molecule has 0 heterocycles. The average Bonchev–Trinajstić information content (AvgIpc) is 2.61. The van der Waals surface area contributed by atoms with Crippen LogP contribution in [-0.2, 0) is 0 Å². The molecule has 0 atom stereocenters. The lowest BCUT2D eigenvalue weighted by Gasteiger charge is -2.09. The van der Waals surface area contributed by atoms with Gasteiger partial charge in [0.1, 0.15) is 18.1 Å². The second-order valence-electron chi connectivity index (χ2n) is 6.03. The maximum absolute atomic E-state index is 9.69. The zero-order valence-corrected chi connectivity index (χ0v) is 15.8. The van der Waals surface area contributed by atoms with Crippen molar-refractivity contribution < 1.29 is 19.3 Å². The van der Waals surface area contributed by atoms with Crippen molar-refractivity contribution in [2.45, 2.75) is 20.8 Å². The first-order valence-electron chi connectivity index (χ1n) is 8.61. The predicted molar refractivity (Wildman–Crippen MR) is 106 cm³/mol. The first-order valence-corrected chi connectivity index (χ1v) is 8.61. The number of benzene rings is 2. The van der Waals surface area contributed by atoms with Crippen LogP contribution in [0, 0.1) is 0 Å². The van der Waals surface area contributed by atoms with Gasteiger partial charge < -0.3 is 19.3 Å². The first-order chi connectivity index (χ1) is 12.5. The minimum Gasteiger partial charge on any atom is -0.504 e. The van der Waals surface area contributed by atoms with E-state index in [1.165, 1.54) is 12.7 Å². The summed E-state index contributed by atoms with van der Waals surface area (Å²) in [5.74, 6) is 2.10. The molecule has 4 nitrogen and oxygen atoms in total. The number of hydrogen-bond donors (Lipinski definition) is 1. The minimum atomic E-state index is 0.123. The molecule has 0 aliphatic rings. The third-order valence-electron chi connectivity index (χ3n) is 3.63. The fourth-order valence-electron chi connectivity index (χ4n) is 2.32. The summed E-state index contributed by atoms with van der Waals surface area (Å²) in [5.41, 5.74) is 3.11. The minimum absolute atomic E-state index is 0.123. The largest absolute Gasteiger partial charge is 0.504 e. The molecular formula is C22H26O4. The summed E-state index contributed by atoms with van der Waals surface area (Å²) in [6.07, 6.45) is 5.96. The van der Waals surface area contributed by atoms with Gasteiger partial charge in [-0.05, 0) is 62.2 Å². The quantitative estimate of drug-likeness (QED) is 0.515. The number of hydrogen-bond acceptors (Lipinski definition) is 4. The van der Waals surface area contributed by atoms with Gasteiger partial charge in [-0.25, -0.2) is 0 Å². The van der Waals surface area contributed by atoms with Crippen molar-refractivity contribution in [1.82, 2.24) is 0 Å². The van der Waals surface area contributed by atoms with Crippen molar-refractivity contribution in [1.29, 1.82) is 0 Å². The van der Waals surface area contributed by atoms with Crippen molar-refractivity contribution in [3.8, 4) is 23.0 Å². The van der Waals surface area contributed by atoms with Crippen molar-refractivity contribution >= 4 is 12.2 Å². The third kappa shape index (κ3) is 5.88. The Bertz CT molecular complexity index is 787. The van der Waals surface area contributed by atoms with Crippen LogP contribution in [0.15, 0.2) is 48.0 Å². The molecule has 0 saturated heterocycles. The van der Waals surface area contributed by atoms with Crippen LogP contribution in [0.2, 0.25) is 0 Å². The summed E-state index contributed by atoms with van der Waals surface area (Å²) >= 11 is 0. The maximum atomic E-state index is 9.69. The highest BCUT2D eigenvalue weighted by Crippen LogP contribution is 2.28. The Balaban J connectivity index is 2.23. The van der Waals surface area contributed by atoms with E-state index < -0.39 is 0 Å². The van der Waals surface area contributed by atoms with E-state index in [2.05, 4.69) is 0 Å². The average molecular weight is 354 g/mol. The molecular weight excluding hydrogens is 328 g/mol. The van der Waals surface area contributed by atoms with Crippen LogP contribution in [0.5, 0.6) is 23.0 Å². The van der Waals surface area contributed by atoms with E-state index in [1.807, 2.05) is 63.3 Å². The van der Waals surface area contributed by atoms with Gasteiger partial charge in [0.2, 0.25) is 0 Å². The Hall–Kier alpha value is -2.88. The van der Waals surface area contributed by atoms with Gasteiger partial charge in [0.15, 0.2) is 11.5 Å². The van der Waals surface area contributed by atoms with E-state index in [1.54, 1.807) is 12.1 Å². The Kier molecular flexibility index (Phi) is 7.15. The molecule has 0 aliphatic heterocycles.